The first-order valence-electron chi connectivity index (χ1n) is 7.15. The molecule has 1 unspecified atom stereocenters. The van der Waals surface area contributed by atoms with Crippen LogP contribution in [0.25, 0.3) is 0 Å². The fraction of sp³-hybridized carbons (Fsp3) is 0.929. The van der Waals surface area contributed by atoms with Gasteiger partial charge < -0.3 is 15.8 Å². The Morgan fingerprint density at radius 1 is 1.42 bits per heavy atom. The SMILES string of the molecule is COC(C)[C@H](CCSC)NC(=O)C1(N)CCCCC1. The van der Waals surface area contributed by atoms with Gasteiger partial charge in [0.05, 0.1) is 17.7 Å². The van der Waals surface area contributed by atoms with Crippen molar-refractivity contribution in [1.29, 1.82) is 0 Å². The quantitative estimate of drug-likeness (QED) is 0.751. The van der Waals surface area contributed by atoms with Crippen molar-refractivity contribution in [3.8, 4) is 0 Å². The van der Waals surface area contributed by atoms with E-state index in [2.05, 4.69) is 11.6 Å². The highest BCUT2D eigenvalue weighted by molar-refractivity contribution is 7.98. The summed E-state index contributed by atoms with van der Waals surface area (Å²) in [4.78, 5) is 12.4. The third-order valence-electron chi connectivity index (χ3n) is 4.09. The van der Waals surface area contributed by atoms with Crippen molar-refractivity contribution < 1.29 is 9.53 Å². The van der Waals surface area contributed by atoms with E-state index in [4.69, 9.17) is 10.5 Å². The molecule has 1 amide bonds. The van der Waals surface area contributed by atoms with E-state index in [-0.39, 0.29) is 18.1 Å². The van der Waals surface area contributed by atoms with Gasteiger partial charge in [-0.3, -0.25) is 4.79 Å². The van der Waals surface area contributed by atoms with Gasteiger partial charge in [0.2, 0.25) is 5.91 Å². The van der Waals surface area contributed by atoms with Crippen LogP contribution in [0.3, 0.4) is 0 Å². The first-order chi connectivity index (χ1) is 9.03. The highest BCUT2D eigenvalue weighted by Gasteiger charge is 2.36. The van der Waals surface area contributed by atoms with Gasteiger partial charge in [-0.25, -0.2) is 0 Å². The summed E-state index contributed by atoms with van der Waals surface area (Å²) < 4.78 is 5.37. The monoisotopic (exact) mass is 288 g/mol. The molecular weight excluding hydrogens is 260 g/mol. The minimum absolute atomic E-state index is 0.00204. The molecule has 3 N–H and O–H groups in total. The number of nitrogens with two attached hydrogens (primary N) is 1. The standard InChI is InChI=1S/C14H28N2O2S/c1-11(18-2)12(7-10-19-3)16-13(17)14(15)8-5-4-6-9-14/h11-12H,4-10,15H2,1-3H3,(H,16,17)/t11?,12-/m0/s1. The maximum atomic E-state index is 12.4. The lowest BCUT2D eigenvalue weighted by Crippen LogP contribution is -2.58. The smallest absolute Gasteiger partial charge is 0.240 e. The molecule has 1 saturated carbocycles. The predicted molar refractivity (Wildman–Crippen MR) is 81.4 cm³/mol. The van der Waals surface area contributed by atoms with Crippen molar-refractivity contribution in [2.45, 2.75) is 63.1 Å². The Morgan fingerprint density at radius 3 is 2.58 bits per heavy atom. The maximum Gasteiger partial charge on any atom is 0.240 e. The lowest BCUT2D eigenvalue weighted by Gasteiger charge is -2.34. The number of thioether (sulfide) groups is 1. The number of methoxy groups -OCH3 is 1. The highest BCUT2D eigenvalue weighted by atomic mass is 32.2. The number of amides is 1. The second-order valence-electron chi connectivity index (χ2n) is 5.52. The largest absolute Gasteiger partial charge is 0.380 e. The summed E-state index contributed by atoms with van der Waals surface area (Å²) in [5.41, 5.74) is 5.60. The molecule has 0 spiro atoms. The van der Waals surface area contributed by atoms with E-state index >= 15 is 0 Å². The molecule has 5 heteroatoms. The molecule has 0 aromatic rings. The van der Waals surface area contributed by atoms with Crippen molar-refractivity contribution in [2.24, 2.45) is 5.73 Å². The van der Waals surface area contributed by atoms with Crippen molar-refractivity contribution in [2.75, 3.05) is 19.1 Å². The van der Waals surface area contributed by atoms with E-state index in [0.29, 0.717) is 0 Å². The van der Waals surface area contributed by atoms with Gasteiger partial charge in [0.15, 0.2) is 0 Å². The molecule has 1 aliphatic rings. The average Bonchev–Trinajstić information content (AvgIpc) is 2.43. The van der Waals surface area contributed by atoms with E-state index in [0.717, 1.165) is 37.9 Å². The van der Waals surface area contributed by atoms with Gasteiger partial charge in [0.25, 0.3) is 0 Å². The summed E-state index contributed by atoms with van der Waals surface area (Å²) in [6, 6.07) is 0.0484. The molecule has 0 aliphatic heterocycles. The van der Waals surface area contributed by atoms with E-state index in [1.54, 1.807) is 18.9 Å². The highest BCUT2D eigenvalue weighted by Crippen LogP contribution is 2.26. The fourth-order valence-corrected chi connectivity index (χ4v) is 3.04. The van der Waals surface area contributed by atoms with Gasteiger partial charge in [-0.15, -0.1) is 0 Å². The van der Waals surface area contributed by atoms with Crippen LogP contribution in [0.5, 0.6) is 0 Å². The molecule has 1 fully saturated rings. The number of carbonyl (C=O) groups excluding carboxylic acids is 1. The molecule has 1 aliphatic carbocycles. The summed E-state index contributed by atoms with van der Waals surface area (Å²) in [6.07, 6.45) is 7.91. The van der Waals surface area contributed by atoms with E-state index < -0.39 is 5.54 Å². The van der Waals surface area contributed by atoms with Gasteiger partial charge in [-0.2, -0.15) is 11.8 Å². The van der Waals surface area contributed by atoms with Gasteiger partial charge in [0, 0.05) is 7.11 Å². The van der Waals surface area contributed by atoms with Gasteiger partial charge in [-0.05, 0) is 38.2 Å². The minimum atomic E-state index is -0.663. The summed E-state index contributed by atoms with van der Waals surface area (Å²) in [5.74, 6) is 1.01. The first kappa shape index (κ1) is 16.8. The van der Waals surface area contributed by atoms with Crippen molar-refractivity contribution in [1.82, 2.24) is 5.32 Å². The number of carbonyl (C=O) groups is 1. The predicted octanol–water partition coefficient (Wildman–Crippen LogP) is 1.92. The van der Waals surface area contributed by atoms with Crippen LogP contribution in [-0.2, 0) is 9.53 Å². The van der Waals surface area contributed by atoms with Crippen LogP contribution in [0.15, 0.2) is 0 Å². The molecule has 0 aromatic carbocycles. The molecule has 2 atom stereocenters. The van der Waals surface area contributed by atoms with Gasteiger partial charge >= 0.3 is 0 Å². The molecule has 19 heavy (non-hydrogen) atoms. The number of hydrogen-bond donors (Lipinski definition) is 2. The van der Waals surface area contributed by atoms with Crippen LogP contribution in [0.4, 0.5) is 0 Å². The third kappa shape index (κ3) is 4.97. The van der Waals surface area contributed by atoms with Crippen LogP contribution >= 0.6 is 11.8 Å². The average molecular weight is 288 g/mol. The molecule has 0 aromatic heterocycles. The summed E-state index contributed by atoms with van der Waals surface area (Å²) in [7, 11) is 1.68. The third-order valence-corrected chi connectivity index (χ3v) is 4.73. The number of rotatable bonds is 7. The fourth-order valence-electron chi connectivity index (χ4n) is 2.56. The zero-order chi connectivity index (χ0) is 14.3. The summed E-state index contributed by atoms with van der Waals surface area (Å²) in [6.45, 7) is 2.00. The van der Waals surface area contributed by atoms with Crippen molar-refractivity contribution in [3.63, 3.8) is 0 Å². The molecule has 0 radical (unpaired) electrons. The molecule has 4 nitrogen and oxygen atoms in total. The van der Waals surface area contributed by atoms with Crippen LogP contribution in [0.2, 0.25) is 0 Å². The van der Waals surface area contributed by atoms with E-state index in [9.17, 15) is 4.79 Å². The zero-order valence-electron chi connectivity index (χ0n) is 12.4. The number of nitrogens with one attached hydrogen (secondary N) is 1. The Balaban J connectivity index is 2.58. The van der Waals surface area contributed by atoms with E-state index in [1.165, 1.54) is 6.42 Å². The maximum absolute atomic E-state index is 12.4. The summed E-state index contributed by atoms with van der Waals surface area (Å²) >= 11 is 1.78. The Labute approximate surface area is 121 Å². The minimum Gasteiger partial charge on any atom is -0.380 e. The molecule has 0 heterocycles. The molecule has 1 rings (SSSR count). The molecular formula is C14H28N2O2S. The van der Waals surface area contributed by atoms with E-state index in [1.807, 2.05) is 6.92 Å². The van der Waals surface area contributed by atoms with Crippen molar-refractivity contribution >= 4 is 17.7 Å². The Morgan fingerprint density at radius 2 is 2.05 bits per heavy atom. The molecule has 0 bridgehead atoms. The van der Waals surface area contributed by atoms with Crippen molar-refractivity contribution in [3.05, 3.63) is 0 Å². The second-order valence-corrected chi connectivity index (χ2v) is 6.50. The normalized spacial score (nSPS) is 21.7. The summed E-state index contributed by atoms with van der Waals surface area (Å²) in [5, 5.41) is 3.11. The van der Waals surface area contributed by atoms with Gasteiger partial charge in [0.1, 0.15) is 0 Å². The van der Waals surface area contributed by atoms with Crippen LogP contribution in [0, 0.1) is 0 Å². The number of ether oxygens (including phenoxy) is 1. The second kappa shape index (κ2) is 8.12. The molecule has 0 saturated heterocycles. The Bertz CT molecular complexity index is 281. The Kier molecular flexibility index (Phi) is 7.18. The zero-order valence-corrected chi connectivity index (χ0v) is 13.2. The topological polar surface area (TPSA) is 64.3 Å². The lowest BCUT2D eigenvalue weighted by atomic mass is 9.81. The van der Waals surface area contributed by atoms with Crippen LogP contribution in [-0.4, -0.2) is 42.7 Å². The Hall–Kier alpha value is -0.260. The molecule has 112 valence electrons. The van der Waals surface area contributed by atoms with Crippen LogP contribution < -0.4 is 11.1 Å². The number of hydrogen-bond acceptors (Lipinski definition) is 4. The van der Waals surface area contributed by atoms with Gasteiger partial charge in [-0.1, -0.05) is 19.3 Å². The first-order valence-corrected chi connectivity index (χ1v) is 8.54. The lowest BCUT2D eigenvalue weighted by molar-refractivity contribution is -0.129. The van der Waals surface area contributed by atoms with Crippen LogP contribution in [0.1, 0.15) is 45.4 Å².